The van der Waals surface area contributed by atoms with Crippen molar-refractivity contribution in [2.45, 2.75) is 31.4 Å². The lowest BCUT2D eigenvalue weighted by molar-refractivity contribution is 0.0984. The Morgan fingerprint density at radius 3 is 3.17 bits per heavy atom. The van der Waals surface area contributed by atoms with E-state index in [2.05, 4.69) is 23.2 Å². The van der Waals surface area contributed by atoms with E-state index in [1.165, 1.54) is 10.9 Å². The summed E-state index contributed by atoms with van der Waals surface area (Å²) < 4.78 is 5.66. The third kappa shape index (κ3) is 2.24. The summed E-state index contributed by atoms with van der Waals surface area (Å²) in [6.45, 7) is 0.883. The summed E-state index contributed by atoms with van der Waals surface area (Å²) in [5.74, 6) is 0. The SMILES string of the molecule is NC(CC1CCCO1)c1cccc2ccncc12. The molecule has 1 aromatic heterocycles. The Morgan fingerprint density at radius 1 is 1.39 bits per heavy atom. The molecule has 3 heteroatoms. The van der Waals surface area contributed by atoms with E-state index in [0.717, 1.165) is 31.3 Å². The van der Waals surface area contributed by atoms with Crippen molar-refractivity contribution in [3.63, 3.8) is 0 Å². The highest BCUT2D eigenvalue weighted by molar-refractivity contribution is 5.85. The molecular formula is C15H18N2O. The van der Waals surface area contributed by atoms with Crippen LogP contribution in [0.5, 0.6) is 0 Å². The lowest BCUT2D eigenvalue weighted by atomic mass is 9.96. The molecule has 3 nitrogen and oxygen atoms in total. The van der Waals surface area contributed by atoms with E-state index in [9.17, 15) is 0 Å². The van der Waals surface area contributed by atoms with Crippen LogP contribution >= 0.6 is 0 Å². The summed E-state index contributed by atoms with van der Waals surface area (Å²) in [6, 6.07) is 8.31. The molecule has 1 aromatic carbocycles. The van der Waals surface area contributed by atoms with Crippen LogP contribution < -0.4 is 5.73 Å². The molecule has 0 amide bonds. The van der Waals surface area contributed by atoms with Crippen LogP contribution in [0, 0.1) is 0 Å². The maximum absolute atomic E-state index is 6.33. The summed E-state index contributed by atoms with van der Waals surface area (Å²) in [6.07, 6.45) is 7.24. The fraction of sp³-hybridized carbons (Fsp3) is 0.400. The predicted molar refractivity (Wildman–Crippen MR) is 72.3 cm³/mol. The molecule has 0 saturated carbocycles. The molecule has 94 valence electrons. The number of hydrogen-bond donors (Lipinski definition) is 1. The molecule has 2 N–H and O–H groups in total. The van der Waals surface area contributed by atoms with E-state index in [0.29, 0.717) is 6.10 Å². The van der Waals surface area contributed by atoms with Crippen molar-refractivity contribution < 1.29 is 4.74 Å². The molecular weight excluding hydrogens is 224 g/mol. The van der Waals surface area contributed by atoms with Crippen molar-refractivity contribution in [3.8, 4) is 0 Å². The van der Waals surface area contributed by atoms with Gasteiger partial charge in [0.2, 0.25) is 0 Å². The topological polar surface area (TPSA) is 48.1 Å². The number of nitrogens with zero attached hydrogens (tertiary/aromatic N) is 1. The van der Waals surface area contributed by atoms with Crippen LogP contribution in [0.15, 0.2) is 36.7 Å². The second kappa shape index (κ2) is 5.04. The van der Waals surface area contributed by atoms with Crippen LogP contribution in [-0.4, -0.2) is 17.7 Å². The van der Waals surface area contributed by atoms with E-state index >= 15 is 0 Å². The second-order valence-corrected chi connectivity index (χ2v) is 4.92. The zero-order chi connectivity index (χ0) is 12.4. The smallest absolute Gasteiger partial charge is 0.0594 e. The van der Waals surface area contributed by atoms with E-state index in [1.807, 2.05) is 18.5 Å². The molecule has 18 heavy (non-hydrogen) atoms. The molecule has 0 bridgehead atoms. The van der Waals surface area contributed by atoms with Crippen LogP contribution in [0.25, 0.3) is 10.8 Å². The maximum Gasteiger partial charge on any atom is 0.0594 e. The number of nitrogens with two attached hydrogens (primary N) is 1. The Balaban J connectivity index is 1.88. The summed E-state index contributed by atoms with van der Waals surface area (Å²) in [5.41, 5.74) is 7.51. The monoisotopic (exact) mass is 242 g/mol. The summed E-state index contributed by atoms with van der Waals surface area (Å²) in [7, 11) is 0. The van der Waals surface area contributed by atoms with Crippen molar-refractivity contribution >= 4 is 10.8 Å². The maximum atomic E-state index is 6.33. The van der Waals surface area contributed by atoms with Gasteiger partial charge in [-0.15, -0.1) is 0 Å². The van der Waals surface area contributed by atoms with Crippen molar-refractivity contribution in [1.29, 1.82) is 0 Å². The number of hydrogen-bond acceptors (Lipinski definition) is 3. The molecule has 2 aromatic rings. The largest absolute Gasteiger partial charge is 0.378 e. The predicted octanol–water partition coefficient (Wildman–Crippen LogP) is 2.80. The van der Waals surface area contributed by atoms with Gasteiger partial charge in [-0.2, -0.15) is 0 Å². The van der Waals surface area contributed by atoms with Crippen molar-refractivity contribution in [3.05, 3.63) is 42.2 Å². The first-order valence-corrected chi connectivity index (χ1v) is 6.54. The van der Waals surface area contributed by atoms with Gasteiger partial charge >= 0.3 is 0 Å². The van der Waals surface area contributed by atoms with Crippen LogP contribution in [0.1, 0.15) is 30.9 Å². The number of aromatic nitrogens is 1. The Labute approximate surface area is 107 Å². The summed E-state index contributed by atoms with van der Waals surface area (Å²) in [5, 5.41) is 2.36. The Hall–Kier alpha value is -1.45. The van der Waals surface area contributed by atoms with Crippen molar-refractivity contribution in [2.24, 2.45) is 5.73 Å². The molecule has 1 aliphatic heterocycles. The van der Waals surface area contributed by atoms with Gasteiger partial charge < -0.3 is 10.5 Å². The van der Waals surface area contributed by atoms with Gasteiger partial charge in [-0.25, -0.2) is 0 Å². The first-order valence-electron chi connectivity index (χ1n) is 6.54. The average Bonchev–Trinajstić information content (AvgIpc) is 2.91. The third-order valence-corrected chi connectivity index (χ3v) is 3.66. The fourth-order valence-corrected chi connectivity index (χ4v) is 2.70. The Bertz CT molecular complexity index is 530. The van der Waals surface area contributed by atoms with Gasteiger partial charge in [0, 0.05) is 30.4 Å². The third-order valence-electron chi connectivity index (χ3n) is 3.66. The van der Waals surface area contributed by atoms with Crippen LogP contribution in [0.4, 0.5) is 0 Å². The fourth-order valence-electron chi connectivity index (χ4n) is 2.70. The number of ether oxygens (including phenoxy) is 1. The van der Waals surface area contributed by atoms with E-state index in [1.54, 1.807) is 0 Å². The molecule has 2 unspecified atom stereocenters. The standard InChI is InChI=1S/C15H18N2O/c16-15(9-12-4-2-8-18-12)13-5-1-3-11-6-7-17-10-14(11)13/h1,3,5-7,10,12,15H,2,4,8-9,16H2. The molecule has 2 heterocycles. The minimum absolute atomic E-state index is 0.0287. The quantitative estimate of drug-likeness (QED) is 0.900. The first-order chi connectivity index (χ1) is 8.84. The minimum Gasteiger partial charge on any atom is -0.378 e. The molecule has 1 fully saturated rings. The van der Waals surface area contributed by atoms with Gasteiger partial charge in [0.1, 0.15) is 0 Å². The number of fused-ring (bicyclic) bond motifs is 1. The number of benzene rings is 1. The van der Waals surface area contributed by atoms with Crippen LogP contribution in [-0.2, 0) is 4.74 Å². The first kappa shape index (κ1) is 11.6. The number of rotatable bonds is 3. The van der Waals surface area contributed by atoms with E-state index < -0.39 is 0 Å². The van der Waals surface area contributed by atoms with Gasteiger partial charge in [0.15, 0.2) is 0 Å². The van der Waals surface area contributed by atoms with Gasteiger partial charge in [-0.05, 0) is 36.3 Å². The lowest BCUT2D eigenvalue weighted by Gasteiger charge is -2.18. The van der Waals surface area contributed by atoms with Gasteiger partial charge in [0.25, 0.3) is 0 Å². The Morgan fingerprint density at radius 2 is 2.33 bits per heavy atom. The summed E-state index contributed by atoms with van der Waals surface area (Å²) >= 11 is 0. The van der Waals surface area contributed by atoms with Gasteiger partial charge in [-0.1, -0.05) is 18.2 Å². The minimum atomic E-state index is 0.0287. The second-order valence-electron chi connectivity index (χ2n) is 4.92. The van der Waals surface area contributed by atoms with E-state index in [4.69, 9.17) is 10.5 Å². The normalized spacial score (nSPS) is 21.3. The van der Waals surface area contributed by atoms with E-state index in [-0.39, 0.29) is 6.04 Å². The Kier molecular flexibility index (Phi) is 3.26. The molecule has 1 saturated heterocycles. The molecule has 3 rings (SSSR count). The highest BCUT2D eigenvalue weighted by Crippen LogP contribution is 2.28. The summed E-state index contributed by atoms with van der Waals surface area (Å²) in [4.78, 5) is 4.20. The van der Waals surface area contributed by atoms with Gasteiger partial charge in [-0.3, -0.25) is 4.98 Å². The van der Waals surface area contributed by atoms with Crippen LogP contribution in [0.3, 0.4) is 0 Å². The average molecular weight is 242 g/mol. The highest BCUT2D eigenvalue weighted by atomic mass is 16.5. The van der Waals surface area contributed by atoms with Gasteiger partial charge in [0.05, 0.1) is 6.10 Å². The molecule has 0 radical (unpaired) electrons. The lowest BCUT2D eigenvalue weighted by Crippen LogP contribution is -2.18. The number of pyridine rings is 1. The molecule has 0 spiro atoms. The highest BCUT2D eigenvalue weighted by Gasteiger charge is 2.20. The molecule has 2 atom stereocenters. The van der Waals surface area contributed by atoms with Crippen molar-refractivity contribution in [2.75, 3.05) is 6.61 Å². The zero-order valence-electron chi connectivity index (χ0n) is 10.4. The van der Waals surface area contributed by atoms with Crippen molar-refractivity contribution in [1.82, 2.24) is 4.98 Å². The zero-order valence-corrected chi connectivity index (χ0v) is 10.4. The molecule has 1 aliphatic rings. The van der Waals surface area contributed by atoms with Crippen LogP contribution in [0.2, 0.25) is 0 Å². The molecule has 0 aliphatic carbocycles.